The third kappa shape index (κ3) is 5.47. The molecule has 204 valence electrons. The molecule has 3 amide bonds. The van der Waals surface area contributed by atoms with E-state index in [-0.39, 0.29) is 31.0 Å². The lowest BCUT2D eigenvalue weighted by Gasteiger charge is -2.28. The zero-order valence-electron chi connectivity index (χ0n) is 22.0. The van der Waals surface area contributed by atoms with Gasteiger partial charge < -0.3 is 25.0 Å². The lowest BCUT2D eigenvalue weighted by atomic mass is 9.98. The number of fused-ring (bicyclic) bond motifs is 3. The van der Waals surface area contributed by atoms with Gasteiger partial charge in [-0.05, 0) is 28.2 Å². The van der Waals surface area contributed by atoms with Crippen molar-refractivity contribution in [2.75, 3.05) is 19.7 Å². The van der Waals surface area contributed by atoms with E-state index in [9.17, 15) is 19.5 Å². The fourth-order valence-electron chi connectivity index (χ4n) is 5.41. The Morgan fingerprint density at radius 1 is 1.13 bits per heavy atom. The number of carbonyl (C=O) groups is 3. The van der Waals surface area contributed by atoms with Crippen molar-refractivity contribution < 1.29 is 24.2 Å². The molecule has 9 nitrogen and oxygen atoms in total. The van der Waals surface area contributed by atoms with Gasteiger partial charge in [0.1, 0.15) is 17.7 Å². The van der Waals surface area contributed by atoms with E-state index in [1.165, 1.54) is 27.4 Å². The molecule has 10 heteroatoms. The second kappa shape index (κ2) is 11.4. The Labute approximate surface area is 231 Å². The second-order valence-electron chi connectivity index (χ2n) is 9.98. The van der Waals surface area contributed by atoms with Crippen LogP contribution in [0.5, 0.6) is 0 Å². The second-order valence-corrected chi connectivity index (χ2v) is 10.9. The molecule has 1 aromatic heterocycles. The molecular weight excluding hydrogens is 516 g/mol. The van der Waals surface area contributed by atoms with E-state index in [0.29, 0.717) is 36.8 Å². The largest absolute Gasteiger partial charge is 0.480 e. The van der Waals surface area contributed by atoms with Gasteiger partial charge in [-0.25, -0.2) is 19.4 Å². The van der Waals surface area contributed by atoms with Crippen molar-refractivity contribution in [2.24, 2.45) is 5.92 Å². The van der Waals surface area contributed by atoms with E-state index < -0.39 is 18.1 Å². The number of alkyl carbamates (subject to hydrolysis) is 1. The maximum absolute atomic E-state index is 12.9. The summed E-state index contributed by atoms with van der Waals surface area (Å²) in [6.45, 7) is 5.35. The summed E-state index contributed by atoms with van der Waals surface area (Å²) in [4.78, 5) is 44.8. The number of carboxylic acids is 1. The van der Waals surface area contributed by atoms with E-state index in [2.05, 4.69) is 34.6 Å². The highest BCUT2D eigenvalue weighted by Gasteiger charge is 2.39. The summed E-state index contributed by atoms with van der Waals surface area (Å²) < 4.78 is 5.59. The predicted molar refractivity (Wildman–Crippen MR) is 147 cm³/mol. The Bertz CT molecular complexity index is 1330. The molecule has 1 fully saturated rings. The lowest BCUT2D eigenvalue weighted by molar-refractivity contribution is -0.143. The number of carboxylic acid groups (broad SMARTS) is 1. The van der Waals surface area contributed by atoms with E-state index in [0.717, 1.165) is 11.1 Å². The summed E-state index contributed by atoms with van der Waals surface area (Å²) >= 11 is 1.39. The Balaban J connectivity index is 1.12. The molecule has 3 aromatic rings. The highest BCUT2D eigenvalue weighted by molar-refractivity contribution is 7.09. The van der Waals surface area contributed by atoms with Crippen LogP contribution in [0.1, 0.15) is 48.0 Å². The van der Waals surface area contributed by atoms with Crippen molar-refractivity contribution in [1.82, 2.24) is 20.1 Å². The van der Waals surface area contributed by atoms with Gasteiger partial charge in [-0.15, -0.1) is 11.3 Å². The molecular formula is C29H32N4O5S. The van der Waals surface area contributed by atoms with Gasteiger partial charge in [-0.2, -0.15) is 0 Å². The maximum Gasteiger partial charge on any atom is 0.407 e. The number of urea groups is 1. The summed E-state index contributed by atoms with van der Waals surface area (Å²) in [5.74, 6) is -1.12. The summed E-state index contributed by atoms with van der Waals surface area (Å²) in [5.41, 5.74) is 5.37. The fraction of sp³-hybridized carbons (Fsp3) is 0.379. The van der Waals surface area contributed by atoms with E-state index in [4.69, 9.17) is 4.74 Å². The van der Waals surface area contributed by atoms with Gasteiger partial charge >= 0.3 is 18.1 Å². The summed E-state index contributed by atoms with van der Waals surface area (Å²) in [6.07, 6.45) is 0.163. The number of nitrogens with zero attached hydrogens (tertiary/aromatic N) is 3. The van der Waals surface area contributed by atoms with Crippen LogP contribution in [0.3, 0.4) is 0 Å². The molecule has 2 aliphatic rings. The molecule has 0 saturated carbocycles. The monoisotopic (exact) mass is 548 g/mol. The lowest BCUT2D eigenvalue weighted by Crippen LogP contribution is -2.47. The Morgan fingerprint density at radius 3 is 2.44 bits per heavy atom. The van der Waals surface area contributed by atoms with Crippen molar-refractivity contribution >= 4 is 29.4 Å². The number of hydrogen-bond donors (Lipinski definition) is 2. The standard InChI is InChI=1S/C29H32N4O5S/c1-3-18(2)26(27(34)35)33-13-12-32(29(33)37)15-19-17-39-25(31-19)14-30-28(36)38-16-24-22-10-6-4-8-20(22)21-9-5-7-11-23(21)24/h4-11,17-18,24,26H,3,12-16H2,1-2H3,(H,30,36)(H,34,35)/t18-,26-/m0/s1. The first-order chi connectivity index (χ1) is 18.9. The minimum absolute atomic E-state index is 0.00628. The van der Waals surface area contributed by atoms with Gasteiger partial charge in [0, 0.05) is 24.4 Å². The van der Waals surface area contributed by atoms with Crippen LogP contribution in [-0.4, -0.2) is 63.7 Å². The van der Waals surface area contributed by atoms with Crippen LogP contribution in [0.25, 0.3) is 11.1 Å². The van der Waals surface area contributed by atoms with Crippen LogP contribution in [0.2, 0.25) is 0 Å². The fourth-order valence-corrected chi connectivity index (χ4v) is 6.13. The predicted octanol–water partition coefficient (Wildman–Crippen LogP) is 4.92. The number of aliphatic carboxylic acids is 1. The molecule has 0 radical (unpaired) electrons. The van der Waals surface area contributed by atoms with Gasteiger partial charge in [-0.3, -0.25) is 0 Å². The number of aromatic nitrogens is 1. The summed E-state index contributed by atoms with van der Waals surface area (Å²) in [6, 6.07) is 15.3. The molecule has 1 saturated heterocycles. The van der Waals surface area contributed by atoms with Crippen molar-refractivity contribution in [3.8, 4) is 11.1 Å². The number of benzene rings is 2. The highest BCUT2D eigenvalue weighted by Crippen LogP contribution is 2.44. The molecule has 2 heterocycles. The van der Waals surface area contributed by atoms with Crippen LogP contribution in [0.15, 0.2) is 53.9 Å². The number of amides is 3. The minimum atomic E-state index is -0.977. The Morgan fingerprint density at radius 2 is 1.79 bits per heavy atom. The van der Waals surface area contributed by atoms with E-state index in [1.54, 1.807) is 4.90 Å². The number of rotatable bonds is 10. The number of hydrogen-bond acceptors (Lipinski definition) is 6. The topological polar surface area (TPSA) is 112 Å². The van der Waals surface area contributed by atoms with Gasteiger partial charge in [-0.1, -0.05) is 68.8 Å². The zero-order valence-corrected chi connectivity index (χ0v) is 22.8. The Kier molecular flexibility index (Phi) is 7.83. The maximum atomic E-state index is 12.9. The average molecular weight is 549 g/mol. The van der Waals surface area contributed by atoms with Crippen molar-refractivity contribution in [3.63, 3.8) is 0 Å². The van der Waals surface area contributed by atoms with Gasteiger partial charge in [0.2, 0.25) is 0 Å². The number of nitrogens with one attached hydrogen (secondary N) is 1. The third-order valence-electron chi connectivity index (χ3n) is 7.58. The van der Waals surface area contributed by atoms with Gasteiger partial charge in [0.15, 0.2) is 0 Å². The van der Waals surface area contributed by atoms with E-state index >= 15 is 0 Å². The van der Waals surface area contributed by atoms with Gasteiger partial charge in [0.25, 0.3) is 0 Å². The van der Waals surface area contributed by atoms with Crippen molar-refractivity contribution in [2.45, 2.75) is 45.3 Å². The van der Waals surface area contributed by atoms with Crippen LogP contribution in [-0.2, 0) is 22.6 Å². The molecule has 5 rings (SSSR count). The molecule has 2 N–H and O–H groups in total. The first-order valence-corrected chi connectivity index (χ1v) is 14.1. The molecule has 2 atom stereocenters. The van der Waals surface area contributed by atoms with Crippen molar-refractivity contribution in [1.29, 1.82) is 0 Å². The smallest absolute Gasteiger partial charge is 0.407 e. The number of thiazole rings is 1. The SMILES string of the molecule is CC[C@H](C)[C@@H](C(=O)O)N1CCN(Cc2csc(CNC(=O)OCC3c4ccccc4-c4ccccc43)n2)C1=O. The van der Waals surface area contributed by atoms with Crippen LogP contribution in [0.4, 0.5) is 9.59 Å². The number of carbonyl (C=O) groups excluding carboxylic acids is 2. The minimum Gasteiger partial charge on any atom is -0.480 e. The van der Waals surface area contributed by atoms with Crippen molar-refractivity contribution in [3.05, 3.63) is 75.7 Å². The summed E-state index contributed by atoms with van der Waals surface area (Å²) in [7, 11) is 0. The normalized spacial score (nSPS) is 16.1. The number of ether oxygens (including phenoxy) is 1. The first-order valence-electron chi connectivity index (χ1n) is 13.2. The Hall–Kier alpha value is -3.92. The third-order valence-corrected chi connectivity index (χ3v) is 8.48. The molecule has 0 unspecified atom stereocenters. The molecule has 39 heavy (non-hydrogen) atoms. The van der Waals surface area contributed by atoms with Crippen LogP contribution < -0.4 is 5.32 Å². The van der Waals surface area contributed by atoms with Crippen LogP contribution >= 0.6 is 11.3 Å². The van der Waals surface area contributed by atoms with Crippen LogP contribution in [0, 0.1) is 5.92 Å². The molecule has 1 aliphatic heterocycles. The van der Waals surface area contributed by atoms with E-state index in [1.807, 2.05) is 43.5 Å². The zero-order chi connectivity index (χ0) is 27.5. The average Bonchev–Trinajstić information content (AvgIpc) is 3.63. The highest BCUT2D eigenvalue weighted by atomic mass is 32.1. The quantitative estimate of drug-likeness (QED) is 0.372. The molecule has 0 spiro atoms. The van der Waals surface area contributed by atoms with Gasteiger partial charge in [0.05, 0.1) is 18.8 Å². The molecule has 1 aliphatic carbocycles. The first kappa shape index (κ1) is 26.7. The molecule has 2 aromatic carbocycles. The summed E-state index contributed by atoms with van der Waals surface area (Å²) in [5, 5.41) is 15.0. The molecule has 0 bridgehead atoms.